The van der Waals surface area contributed by atoms with Gasteiger partial charge in [-0.2, -0.15) is 0 Å². The second-order valence-corrected chi connectivity index (χ2v) is 10.9. The van der Waals surface area contributed by atoms with Crippen LogP contribution in [0.3, 0.4) is 0 Å². The molecular weight excluding hydrogens is 474 g/mol. The highest BCUT2D eigenvalue weighted by Gasteiger charge is 2.20. The smallest absolute Gasteiger partial charge is 0.412 e. The summed E-state index contributed by atoms with van der Waals surface area (Å²) in [6.07, 6.45) is -1.43. The molecule has 0 fully saturated rings. The molecule has 0 atom stereocenters. The van der Waals surface area contributed by atoms with Crippen molar-refractivity contribution in [2.45, 2.75) is 72.2 Å². The van der Waals surface area contributed by atoms with Crippen molar-refractivity contribution in [3.63, 3.8) is 0 Å². The molecule has 4 N–H and O–H groups in total. The van der Waals surface area contributed by atoms with E-state index < -0.39 is 34.9 Å². The van der Waals surface area contributed by atoms with Gasteiger partial charge in [-0.3, -0.25) is 15.4 Å². The van der Waals surface area contributed by atoms with Crippen LogP contribution in [0.5, 0.6) is 0 Å². The molecule has 9 nitrogen and oxygen atoms in total. The maximum absolute atomic E-state index is 13.1. The molecule has 3 amide bonds. The third-order valence-electron chi connectivity index (χ3n) is 4.12. The van der Waals surface area contributed by atoms with Crippen LogP contribution in [-0.2, 0) is 9.47 Å². The van der Waals surface area contributed by atoms with Gasteiger partial charge in [0.1, 0.15) is 16.8 Å². The van der Waals surface area contributed by atoms with Crippen molar-refractivity contribution in [2.24, 2.45) is 0 Å². The summed E-state index contributed by atoms with van der Waals surface area (Å²) in [5, 5.41) is 17.8. The van der Waals surface area contributed by atoms with E-state index in [4.69, 9.17) is 9.47 Å². The van der Waals surface area contributed by atoms with E-state index in [0.717, 1.165) is 0 Å². The number of aliphatic hydroxyl groups is 1. The van der Waals surface area contributed by atoms with Gasteiger partial charge < -0.3 is 19.9 Å². The molecule has 0 heterocycles. The summed E-state index contributed by atoms with van der Waals surface area (Å²) in [5.41, 5.74) is -0.903. The van der Waals surface area contributed by atoms with Crippen molar-refractivity contribution in [2.75, 3.05) is 16.0 Å². The monoisotopic (exact) mass is 509 g/mol. The van der Waals surface area contributed by atoms with Crippen LogP contribution in [0.4, 0.5) is 26.7 Å². The number of nitrogens with one attached hydrogen (secondary N) is 3. The minimum atomic E-state index is -1.15. The summed E-state index contributed by atoms with van der Waals surface area (Å²) >= 11 is 0. The number of carbonyl (C=O) groups excluding carboxylic acids is 3. The Hall–Kier alpha value is -4.03. The van der Waals surface area contributed by atoms with Gasteiger partial charge in [-0.25, -0.2) is 9.59 Å². The van der Waals surface area contributed by atoms with Gasteiger partial charge in [-0.15, -0.1) is 0 Å². The average Bonchev–Trinajstić information content (AvgIpc) is 2.69. The molecule has 0 saturated heterocycles. The van der Waals surface area contributed by atoms with E-state index in [1.54, 1.807) is 79.7 Å². The van der Waals surface area contributed by atoms with Crippen LogP contribution in [-0.4, -0.2) is 40.0 Å². The molecule has 0 aliphatic rings. The van der Waals surface area contributed by atoms with Gasteiger partial charge in [-0.05, 0) is 91.8 Å². The van der Waals surface area contributed by atoms with Crippen LogP contribution in [0.25, 0.3) is 0 Å². The van der Waals surface area contributed by atoms with Gasteiger partial charge in [-0.1, -0.05) is 17.9 Å². The molecule has 0 spiro atoms. The topological polar surface area (TPSA) is 126 Å². The number of rotatable bonds is 4. The van der Waals surface area contributed by atoms with Crippen LogP contribution < -0.4 is 16.0 Å². The summed E-state index contributed by atoms with van der Waals surface area (Å²) in [4.78, 5) is 37.7. The first-order valence-corrected chi connectivity index (χ1v) is 11.7. The van der Waals surface area contributed by atoms with Crippen molar-refractivity contribution in [1.29, 1.82) is 0 Å². The Kier molecular flexibility index (Phi) is 8.96. The number of anilines is 3. The van der Waals surface area contributed by atoms with Crippen LogP contribution in [0.2, 0.25) is 0 Å². The minimum Gasteiger partial charge on any atom is -0.444 e. The van der Waals surface area contributed by atoms with Gasteiger partial charge in [0.2, 0.25) is 0 Å². The summed E-state index contributed by atoms with van der Waals surface area (Å²) in [6.45, 7) is 13.5. The van der Waals surface area contributed by atoms with Gasteiger partial charge in [0, 0.05) is 28.2 Å². The Morgan fingerprint density at radius 2 is 1.24 bits per heavy atom. The highest BCUT2D eigenvalue weighted by atomic mass is 16.6. The molecule has 9 heteroatoms. The molecule has 2 rings (SSSR count). The van der Waals surface area contributed by atoms with Crippen molar-refractivity contribution < 1.29 is 29.0 Å². The van der Waals surface area contributed by atoms with E-state index in [9.17, 15) is 19.5 Å². The van der Waals surface area contributed by atoms with E-state index in [2.05, 4.69) is 27.8 Å². The third kappa shape index (κ3) is 11.5. The normalized spacial score (nSPS) is 11.5. The number of ether oxygens (including phenoxy) is 2. The standard InChI is InChI=1S/C28H35N3O6/c1-26(2,3)36-24(33)30-21-15-19(16-22(17-21)31-25(34)37-27(4,5)6)23(32)29-20-11-9-10-18(14-20)12-13-28(7,8)35/h9-11,14-17,35H,1-8H3,(H,29,32)(H,30,33)(H,31,34). The van der Waals surface area contributed by atoms with Crippen molar-refractivity contribution >= 4 is 35.2 Å². The molecule has 2 aromatic rings. The highest BCUT2D eigenvalue weighted by molar-refractivity contribution is 6.06. The van der Waals surface area contributed by atoms with Crippen molar-refractivity contribution in [3.05, 3.63) is 53.6 Å². The lowest BCUT2D eigenvalue weighted by molar-refractivity contribution is 0.0625. The quantitative estimate of drug-likeness (QED) is 0.389. The molecule has 0 bridgehead atoms. The van der Waals surface area contributed by atoms with Crippen molar-refractivity contribution in [3.8, 4) is 11.8 Å². The van der Waals surface area contributed by atoms with Crippen LogP contribution in [0.15, 0.2) is 42.5 Å². The Labute approximate surface area is 217 Å². The number of hydrogen-bond acceptors (Lipinski definition) is 6. The first-order valence-electron chi connectivity index (χ1n) is 11.7. The molecule has 0 aliphatic carbocycles. The average molecular weight is 510 g/mol. The molecular formula is C28H35N3O6. The Bertz CT molecular complexity index is 1170. The van der Waals surface area contributed by atoms with E-state index in [0.29, 0.717) is 11.3 Å². The number of hydrogen-bond donors (Lipinski definition) is 4. The van der Waals surface area contributed by atoms with Gasteiger partial charge in [0.25, 0.3) is 5.91 Å². The third-order valence-corrected chi connectivity index (χ3v) is 4.12. The zero-order chi connectivity index (χ0) is 28.0. The SMILES string of the molecule is CC(C)(O)C#Cc1cccc(NC(=O)c2cc(NC(=O)OC(C)(C)C)cc(NC(=O)OC(C)(C)C)c2)c1. The van der Waals surface area contributed by atoms with E-state index in [-0.39, 0.29) is 16.9 Å². The van der Waals surface area contributed by atoms with Crippen LogP contribution in [0.1, 0.15) is 71.3 Å². The predicted molar refractivity (Wildman–Crippen MR) is 144 cm³/mol. The first kappa shape index (κ1) is 29.2. The second-order valence-electron chi connectivity index (χ2n) is 10.9. The lowest BCUT2D eigenvalue weighted by Gasteiger charge is -2.21. The predicted octanol–water partition coefficient (Wildman–Crippen LogP) is 5.76. The zero-order valence-corrected chi connectivity index (χ0v) is 22.5. The minimum absolute atomic E-state index is 0.160. The largest absolute Gasteiger partial charge is 0.444 e. The Morgan fingerprint density at radius 3 is 1.70 bits per heavy atom. The summed E-state index contributed by atoms with van der Waals surface area (Å²) in [7, 11) is 0. The van der Waals surface area contributed by atoms with E-state index >= 15 is 0 Å². The maximum Gasteiger partial charge on any atom is 0.412 e. The fourth-order valence-electron chi connectivity index (χ4n) is 2.85. The Morgan fingerprint density at radius 1 is 0.730 bits per heavy atom. The highest BCUT2D eigenvalue weighted by Crippen LogP contribution is 2.23. The lowest BCUT2D eigenvalue weighted by atomic mass is 10.1. The van der Waals surface area contributed by atoms with E-state index in [1.807, 2.05) is 0 Å². The number of amides is 3. The maximum atomic E-state index is 13.1. The molecule has 0 aliphatic heterocycles. The first-order chi connectivity index (χ1) is 16.9. The molecule has 0 radical (unpaired) electrons. The van der Waals surface area contributed by atoms with Gasteiger partial charge >= 0.3 is 12.2 Å². The fourth-order valence-corrected chi connectivity index (χ4v) is 2.85. The van der Waals surface area contributed by atoms with Crippen LogP contribution in [0, 0.1) is 11.8 Å². The summed E-state index contributed by atoms with van der Waals surface area (Å²) in [6, 6.07) is 11.2. The van der Waals surface area contributed by atoms with Gasteiger partial charge in [0.05, 0.1) is 0 Å². The summed E-state index contributed by atoms with van der Waals surface area (Å²) in [5.74, 6) is 5.09. The molecule has 2 aromatic carbocycles. The molecule has 0 unspecified atom stereocenters. The fraction of sp³-hybridized carbons (Fsp3) is 0.393. The van der Waals surface area contributed by atoms with E-state index in [1.165, 1.54) is 18.2 Å². The lowest BCUT2D eigenvalue weighted by Crippen LogP contribution is -2.28. The van der Waals surface area contributed by atoms with Gasteiger partial charge in [0.15, 0.2) is 0 Å². The zero-order valence-electron chi connectivity index (χ0n) is 22.5. The molecule has 198 valence electrons. The number of benzene rings is 2. The summed E-state index contributed by atoms with van der Waals surface area (Å²) < 4.78 is 10.6. The second kappa shape index (κ2) is 11.4. The molecule has 0 saturated carbocycles. The number of carbonyl (C=O) groups is 3. The van der Waals surface area contributed by atoms with Crippen LogP contribution >= 0.6 is 0 Å². The van der Waals surface area contributed by atoms with Crippen molar-refractivity contribution in [1.82, 2.24) is 0 Å². The molecule has 37 heavy (non-hydrogen) atoms. The molecule has 0 aromatic heterocycles. The Balaban J connectivity index is 2.33.